The second-order valence-electron chi connectivity index (χ2n) is 5.39. The number of hydrogen-bond acceptors (Lipinski definition) is 5. The van der Waals surface area contributed by atoms with E-state index in [9.17, 15) is 9.59 Å². The summed E-state index contributed by atoms with van der Waals surface area (Å²) in [5.74, 6) is -2.08. The molecule has 0 heterocycles. The summed E-state index contributed by atoms with van der Waals surface area (Å²) in [6.45, 7) is 4.03. The topological polar surface area (TPSA) is 61.8 Å². The molecule has 0 aliphatic heterocycles. The lowest BCUT2D eigenvalue weighted by Gasteiger charge is -2.18. The largest absolute Gasteiger partial charge is 0.489 e. The molecule has 26 heavy (non-hydrogen) atoms. The van der Waals surface area contributed by atoms with Crippen LogP contribution in [0.15, 0.2) is 53.0 Å². The van der Waals surface area contributed by atoms with Crippen LogP contribution >= 0.6 is 15.9 Å². The van der Waals surface area contributed by atoms with Crippen molar-refractivity contribution < 1.29 is 23.8 Å². The third-order valence-electron chi connectivity index (χ3n) is 3.56. The number of benzene rings is 2. The van der Waals surface area contributed by atoms with E-state index >= 15 is 0 Å². The molecule has 0 fully saturated rings. The van der Waals surface area contributed by atoms with Gasteiger partial charge in [-0.05, 0) is 37.6 Å². The van der Waals surface area contributed by atoms with E-state index in [0.29, 0.717) is 17.9 Å². The van der Waals surface area contributed by atoms with E-state index in [4.69, 9.17) is 14.2 Å². The van der Waals surface area contributed by atoms with E-state index < -0.39 is 17.9 Å². The van der Waals surface area contributed by atoms with Crippen LogP contribution < -0.4 is 4.74 Å². The first-order valence-corrected chi connectivity index (χ1v) is 9.15. The Morgan fingerprint density at radius 1 is 0.962 bits per heavy atom. The fraction of sp³-hybridized carbons (Fsp3) is 0.300. The van der Waals surface area contributed by atoms with Crippen LogP contribution in [0.5, 0.6) is 5.75 Å². The Morgan fingerprint density at radius 2 is 1.58 bits per heavy atom. The molecule has 5 nitrogen and oxygen atoms in total. The van der Waals surface area contributed by atoms with E-state index in [2.05, 4.69) is 15.9 Å². The second-order valence-corrected chi connectivity index (χ2v) is 6.31. The van der Waals surface area contributed by atoms with Crippen LogP contribution in [0.2, 0.25) is 0 Å². The summed E-state index contributed by atoms with van der Waals surface area (Å²) in [7, 11) is 0. The number of carbonyl (C=O) groups excluding carboxylic acids is 2. The van der Waals surface area contributed by atoms with Gasteiger partial charge in [-0.25, -0.2) is 0 Å². The number of carbonyl (C=O) groups is 2. The van der Waals surface area contributed by atoms with Crippen LogP contribution in [-0.2, 0) is 25.7 Å². The standard InChI is InChI=1S/C20H21BrO5/c1-3-24-19(22)18(20(23)25-4-2)16-12-15(21)10-11-17(16)26-13-14-8-6-5-7-9-14/h5-12,18H,3-4,13H2,1-2H3. The maximum Gasteiger partial charge on any atom is 0.325 e. The zero-order chi connectivity index (χ0) is 18.9. The molecule has 0 N–H and O–H groups in total. The van der Waals surface area contributed by atoms with E-state index in [1.54, 1.807) is 32.0 Å². The van der Waals surface area contributed by atoms with Crippen LogP contribution in [0.3, 0.4) is 0 Å². The minimum absolute atomic E-state index is 0.170. The highest BCUT2D eigenvalue weighted by Gasteiger charge is 2.34. The van der Waals surface area contributed by atoms with E-state index in [0.717, 1.165) is 10.0 Å². The summed E-state index contributed by atoms with van der Waals surface area (Å²) in [5, 5.41) is 0. The van der Waals surface area contributed by atoms with Crippen LogP contribution in [-0.4, -0.2) is 25.2 Å². The van der Waals surface area contributed by atoms with E-state index in [1.807, 2.05) is 30.3 Å². The van der Waals surface area contributed by atoms with Crippen molar-refractivity contribution in [1.29, 1.82) is 0 Å². The zero-order valence-corrected chi connectivity index (χ0v) is 16.3. The molecule has 0 atom stereocenters. The normalized spacial score (nSPS) is 10.5. The Balaban J connectivity index is 2.34. The van der Waals surface area contributed by atoms with Crippen LogP contribution in [0, 0.1) is 0 Å². The molecule has 6 heteroatoms. The van der Waals surface area contributed by atoms with Gasteiger partial charge in [0.2, 0.25) is 0 Å². The molecule has 0 unspecified atom stereocenters. The number of esters is 2. The second kappa shape index (κ2) is 9.97. The number of ether oxygens (including phenoxy) is 3. The molecule has 0 aliphatic rings. The molecule has 138 valence electrons. The SMILES string of the molecule is CCOC(=O)C(C(=O)OCC)c1cc(Br)ccc1OCc1ccccc1. The first-order valence-electron chi connectivity index (χ1n) is 8.36. The summed E-state index contributed by atoms with van der Waals surface area (Å²) in [5.41, 5.74) is 1.39. The Kier molecular flexibility index (Phi) is 7.66. The molecule has 2 aromatic rings. The van der Waals surface area contributed by atoms with Gasteiger partial charge in [0.15, 0.2) is 5.92 Å². The van der Waals surface area contributed by atoms with Gasteiger partial charge in [-0.1, -0.05) is 46.3 Å². The minimum atomic E-state index is -1.20. The molecular weight excluding hydrogens is 400 g/mol. The highest BCUT2D eigenvalue weighted by Crippen LogP contribution is 2.32. The van der Waals surface area contributed by atoms with Crippen LogP contribution in [0.25, 0.3) is 0 Å². The molecule has 0 saturated heterocycles. The molecule has 0 saturated carbocycles. The summed E-state index contributed by atoms with van der Waals surface area (Å²) < 4.78 is 16.7. The quantitative estimate of drug-likeness (QED) is 0.472. The molecule has 0 spiro atoms. The predicted octanol–water partition coefficient (Wildman–Crippen LogP) is 4.24. The van der Waals surface area contributed by atoms with Gasteiger partial charge in [0.05, 0.1) is 13.2 Å². The van der Waals surface area contributed by atoms with Gasteiger partial charge in [0.25, 0.3) is 0 Å². The molecule has 0 amide bonds. The van der Waals surface area contributed by atoms with Gasteiger partial charge in [-0.3, -0.25) is 9.59 Å². The highest BCUT2D eigenvalue weighted by atomic mass is 79.9. The maximum atomic E-state index is 12.4. The fourth-order valence-corrected chi connectivity index (χ4v) is 2.79. The summed E-state index contributed by atoms with van der Waals surface area (Å²) in [6.07, 6.45) is 0. The number of halogens is 1. The van der Waals surface area contributed by atoms with E-state index in [1.165, 1.54) is 0 Å². The molecular formula is C20H21BrO5. The molecule has 2 aromatic carbocycles. The lowest BCUT2D eigenvalue weighted by atomic mass is 9.98. The van der Waals surface area contributed by atoms with Crippen molar-refractivity contribution >= 4 is 27.9 Å². The van der Waals surface area contributed by atoms with Gasteiger partial charge >= 0.3 is 11.9 Å². The van der Waals surface area contributed by atoms with Gasteiger partial charge in [-0.15, -0.1) is 0 Å². The number of hydrogen-bond donors (Lipinski definition) is 0. The minimum Gasteiger partial charge on any atom is -0.489 e. The third kappa shape index (κ3) is 5.33. The fourth-order valence-electron chi connectivity index (χ4n) is 2.41. The summed E-state index contributed by atoms with van der Waals surface area (Å²) in [6, 6.07) is 14.8. The molecule has 0 aliphatic carbocycles. The van der Waals surface area contributed by atoms with Crippen molar-refractivity contribution in [2.24, 2.45) is 0 Å². The van der Waals surface area contributed by atoms with Crippen molar-refractivity contribution in [3.63, 3.8) is 0 Å². The molecule has 0 bridgehead atoms. The number of rotatable bonds is 8. The van der Waals surface area contributed by atoms with Crippen molar-refractivity contribution in [2.45, 2.75) is 26.4 Å². The molecule has 0 radical (unpaired) electrons. The monoisotopic (exact) mass is 420 g/mol. The molecule has 0 aromatic heterocycles. The average Bonchev–Trinajstić information content (AvgIpc) is 2.62. The first-order chi connectivity index (χ1) is 12.6. The van der Waals surface area contributed by atoms with Crippen molar-refractivity contribution in [2.75, 3.05) is 13.2 Å². The van der Waals surface area contributed by atoms with Gasteiger partial charge in [-0.2, -0.15) is 0 Å². The predicted molar refractivity (Wildman–Crippen MR) is 101 cm³/mol. The van der Waals surface area contributed by atoms with Crippen molar-refractivity contribution in [3.8, 4) is 5.75 Å². The maximum absolute atomic E-state index is 12.4. The highest BCUT2D eigenvalue weighted by molar-refractivity contribution is 9.10. The van der Waals surface area contributed by atoms with Gasteiger partial charge < -0.3 is 14.2 Å². The zero-order valence-electron chi connectivity index (χ0n) is 14.7. The first kappa shape index (κ1) is 20.0. The lowest BCUT2D eigenvalue weighted by Crippen LogP contribution is -2.26. The third-order valence-corrected chi connectivity index (χ3v) is 4.06. The van der Waals surface area contributed by atoms with Gasteiger partial charge in [0.1, 0.15) is 12.4 Å². The van der Waals surface area contributed by atoms with Gasteiger partial charge in [0, 0.05) is 10.0 Å². The van der Waals surface area contributed by atoms with E-state index in [-0.39, 0.29) is 13.2 Å². The Labute approximate surface area is 161 Å². The Hall–Kier alpha value is -2.34. The van der Waals surface area contributed by atoms with Crippen molar-refractivity contribution in [1.82, 2.24) is 0 Å². The smallest absolute Gasteiger partial charge is 0.325 e. The summed E-state index contributed by atoms with van der Waals surface area (Å²) >= 11 is 3.38. The Bertz CT molecular complexity index is 727. The Morgan fingerprint density at radius 3 is 2.15 bits per heavy atom. The van der Waals surface area contributed by atoms with Crippen LogP contribution in [0.4, 0.5) is 0 Å². The van der Waals surface area contributed by atoms with Crippen molar-refractivity contribution in [3.05, 3.63) is 64.1 Å². The van der Waals surface area contributed by atoms with Crippen LogP contribution in [0.1, 0.15) is 30.9 Å². The summed E-state index contributed by atoms with van der Waals surface area (Å²) in [4.78, 5) is 24.8. The average molecular weight is 421 g/mol. The lowest BCUT2D eigenvalue weighted by molar-refractivity contribution is -0.157. The molecule has 2 rings (SSSR count).